The lowest BCUT2D eigenvalue weighted by molar-refractivity contribution is -0.124. The van der Waals surface area contributed by atoms with Gasteiger partial charge in [-0.05, 0) is 23.3 Å². The summed E-state index contributed by atoms with van der Waals surface area (Å²) in [6.07, 6.45) is 1.30. The summed E-state index contributed by atoms with van der Waals surface area (Å²) in [5.41, 5.74) is 2.10. The Labute approximate surface area is 162 Å². The minimum Gasteiger partial charge on any atom is -0.452 e. The Balaban J connectivity index is 1.66. The van der Waals surface area contributed by atoms with Crippen molar-refractivity contribution in [2.24, 2.45) is 0 Å². The van der Waals surface area contributed by atoms with Crippen molar-refractivity contribution >= 4 is 23.5 Å². The number of aromatic nitrogens is 1. The first kappa shape index (κ1) is 18.6. The molecule has 0 aliphatic carbocycles. The smallest absolute Gasteiger partial charge is 0.340 e. The quantitative estimate of drug-likeness (QED) is 0.521. The van der Waals surface area contributed by atoms with Gasteiger partial charge in [-0.3, -0.25) is 4.79 Å². The van der Waals surface area contributed by atoms with Crippen LogP contribution in [0.5, 0.6) is 0 Å². The summed E-state index contributed by atoms with van der Waals surface area (Å²) < 4.78 is 5.07. The fourth-order valence-electron chi connectivity index (χ4n) is 2.56. The molecule has 0 fully saturated rings. The zero-order valence-corrected chi connectivity index (χ0v) is 15.1. The van der Waals surface area contributed by atoms with Crippen LogP contribution in [0.25, 0.3) is 0 Å². The lowest BCUT2D eigenvalue weighted by Crippen LogP contribution is -2.33. The molecule has 136 valence electrons. The number of carbonyl (C=O) groups excluding carboxylic acids is 2. The van der Waals surface area contributed by atoms with Crippen molar-refractivity contribution in [3.63, 3.8) is 0 Å². The van der Waals surface area contributed by atoms with Gasteiger partial charge in [0.1, 0.15) is 5.15 Å². The second-order valence-corrected chi connectivity index (χ2v) is 6.15. The van der Waals surface area contributed by atoms with Crippen molar-refractivity contribution in [3.05, 3.63) is 101 Å². The molecule has 6 heteroatoms. The number of nitrogens with zero attached hydrogens (tertiary/aromatic N) is 1. The number of carbonyl (C=O) groups is 2. The monoisotopic (exact) mass is 380 g/mol. The predicted octanol–water partition coefficient (Wildman–Crippen LogP) is 3.80. The van der Waals surface area contributed by atoms with E-state index in [-0.39, 0.29) is 16.8 Å². The molecule has 2 aromatic carbocycles. The number of pyridine rings is 1. The van der Waals surface area contributed by atoms with E-state index >= 15 is 0 Å². The molecule has 0 aliphatic heterocycles. The van der Waals surface area contributed by atoms with E-state index in [1.54, 1.807) is 0 Å². The Morgan fingerprint density at radius 1 is 0.926 bits per heavy atom. The molecule has 0 unspecified atom stereocenters. The Bertz CT molecular complexity index is 860. The standard InChI is InChI=1S/C21H17ClN2O3/c22-18-12-11-17(13-23-18)21(26)27-14-19(25)24-20(15-7-3-1-4-8-15)16-9-5-2-6-10-16/h1-13,20H,14H2,(H,24,25). The van der Waals surface area contributed by atoms with Gasteiger partial charge in [-0.15, -0.1) is 0 Å². The van der Waals surface area contributed by atoms with E-state index in [9.17, 15) is 9.59 Å². The molecule has 27 heavy (non-hydrogen) atoms. The molecule has 0 bridgehead atoms. The normalized spacial score (nSPS) is 10.4. The van der Waals surface area contributed by atoms with Crippen LogP contribution in [-0.2, 0) is 9.53 Å². The molecule has 0 atom stereocenters. The molecule has 3 rings (SSSR count). The average Bonchev–Trinajstić information content (AvgIpc) is 2.72. The van der Waals surface area contributed by atoms with Crippen LogP contribution in [0.1, 0.15) is 27.5 Å². The van der Waals surface area contributed by atoms with Crippen LogP contribution in [0, 0.1) is 0 Å². The highest BCUT2D eigenvalue weighted by atomic mass is 35.5. The van der Waals surface area contributed by atoms with E-state index < -0.39 is 18.5 Å². The highest BCUT2D eigenvalue weighted by Gasteiger charge is 2.18. The molecule has 1 heterocycles. The van der Waals surface area contributed by atoms with E-state index in [0.29, 0.717) is 0 Å². The Morgan fingerprint density at radius 2 is 1.52 bits per heavy atom. The first-order valence-electron chi connectivity index (χ1n) is 8.31. The molecule has 1 aromatic heterocycles. The lowest BCUT2D eigenvalue weighted by atomic mass is 9.99. The van der Waals surface area contributed by atoms with Gasteiger partial charge in [-0.2, -0.15) is 0 Å². The molecule has 5 nitrogen and oxygen atoms in total. The van der Waals surface area contributed by atoms with Crippen molar-refractivity contribution < 1.29 is 14.3 Å². The maximum Gasteiger partial charge on any atom is 0.340 e. The number of hydrogen-bond acceptors (Lipinski definition) is 4. The first-order chi connectivity index (χ1) is 13.1. The summed E-state index contributed by atoms with van der Waals surface area (Å²) in [5, 5.41) is 3.19. The lowest BCUT2D eigenvalue weighted by Gasteiger charge is -2.20. The second-order valence-electron chi connectivity index (χ2n) is 5.77. The molecule has 1 amide bonds. The first-order valence-corrected chi connectivity index (χ1v) is 8.69. The summed E-state index contributed by atoms with van der Waals surface area (Å²) in [4.78, 5) is 28.2. The summed E-state index contributed by atoms with van der Waals surface area (Å²) in [6.45, 7) is -0.391. The van der Waals surface area contributed by atoms with Gasteiger partial charge in [0.15, 0.2) is 6.61 Å². The van der Waals surface area contributed by atoms with Crippen molar-refractivity contribution in [2.75, 3.05) is 6.61 Å². The number of nitrogens with one attached hydrogen (secondary N) is 1. The fraction of sp³-hybridized carbons (Fsp3) is 0.0952. The van der Waals surface area contributed by atoms with Crippen LogP contribution in [0.4, 0.5) is 0 Å². The maximum atomic E-state index is 12.4. The SMILES string of the molecule is O=C(COC(=O)c1ccc(Cl)nc1)NC(c1ccccc1)c1ccccc1. The van der Waals surface area contributed by atoms with Gasteiger partial charge in [0.25, 0.3) is 5.91 Å². The van der Waals surface area contributed by atoms with Crippen molar-refractivity contribution in [3.8, 4) is 0 Å². The summed E-state index contributed by atoms with van der Waals surface area (Å²) >= 11 is 5.69. The van der Waals surface area contributed by atoms with E-state index in [0.717, 1.165) is 11.1 Å². The number of halogens is 1. The second kappa shape index (κ2) is 8.96. The molecular formula is C21H17ClN2O3. The summed E-state index contributed by atoms with van der Waals surface area (Å²) in [6, 6.07) is 21.8. The van der Waals surface area contributed by atoms with E-state index in [4.69, 9.17) is 16.3 Å². The average molecular weight is 381 g/mol. The number of rotatable bonds is 6. The summed E-state index contributed by atoms with van der Waals surface area (Å²) in [7, 11) is 0. The summed E-state index contributed by atoms with van der Waals surface area (Å²) in [5.74, 6) is -1.03. The Hall–Kier alpha value is -3.18. The fourth-order valence-corrected chi connectivity index (χ4v) is 2.68. The third kappa shape index (κ3) is 5.15. The maximum absolute atomic E-state index is 12.4. The third-order valence-corrected chi connectivity index (χ3v) is 4.09. The van der Waals surface area contributed by atoms with Crippen molar-refractivity contribution in [2.45, 2.75) is 6.04 Å². The molecule has 0 radical (unpaired) electrons. The van der Waals surface area contributed by atoms with Gasteiger partial charge in [0.05, 0.1) is 11.6 Å². The highest BCUT2D eigenvalue weighted by Crippen LogP contribution is 2.21. The Morgan fingerprint density at radius 3 is 2.04 bits per heavy atom. The van der Waals surface area contributed by atoms with Crippen LogP contribution >= 0.6 is 11.6 Å². The number of esters is 1. The van der Waals surface area contributed by atoms with Gasteiger partial charge < -0.3 is 10.1 Å². The topological polar surface area (TPSA) is 68.3 Å². The van der Waals surface area contributed by atoms with Gasteiger partial charge >= 0.3 is 5.97 Å². The molecule has 3 aromatic rings. The van der Waals surface area contributed by atoms with Crippen molar-refractivity contribution in [1.29, 1.82) is 0 Å². The van der Waals surface area contributed by atoms with Gasteiger partial charge in [-0.1, -0.05) is 72.3 Å². The minimum atomic E-state index is -0.634. The van der Waals surface area contributed by atoms with Gasteiger partial charge in [-0.25, -0.2) is 9.78 Å². The third-order valence-electron chi connectivity index (χ3n) is 3.87. The van der Waals surface area contributed by atoms with E-state index in [1.807, 2.05) is 60.7 Å². The molecule has 0 spiro atoms. The van der Waals surface area contributed by atoms with Crippen LogP contribution in [0.15, 0.2) is 79.0 Å². The van der Waals surface area contributed by atoms with Crippen LogP contribution in [0.3, 0.4) is 0 Å². The van der Waals surface area contributed by atoms with E-state index in [2.05, 4.69) is 10.3 Å². The van der Waals surface area contributed by atoms with Crippen LogP contribution < -0.4 is 5.32 Å². The van der Waals surface area contributed by atoms with Crippen molar-refractivity contribution in [1.82, 2.24) is 10.3 Å². The number of benzene rings is 2. The molecule has 0 aliphatic rings. The number of amides is 1. The number of ether oxygens (including phenoxy) is 1. The van der Waals surface area contributed by atoms with E-state index in [1.165, 1.54) is 18.3 Å². The molecular weight excluding hydrogens is 364 g/mol. The molecule has 0 saturated heterocycles. The van der Waals surface area contributed by atoms with Gasteiger partial charge in [0, 0.05) is 6.20 Å². The minimum absolute atomic E-state index is 0.231. The molecule has 0 saturated carbocycles. The van der Waals surface area contributed by atoms with Crippen LogP contribution in [-0.4, -0.2) is 23.5 Å². The highest BCUT2D eigenvalue weighted by molar-refractivity contribution is 6.29. The number of hydrogen-bond donors (Lipinski definition) is 1. The Kier molecular flexibility index (Phi) is 6.18. The van der Waals surface area contributed by atoms with Crippen LogP contribution in [0.2, 0.25) is 5.15 Å². The zero-order chi connectivity index (χ0) is 19.1. The predicted molar refractivity (Wildman–Crippen MR) is 102 cm³/mol. The zero-order valence-electron chi connectivity index (χ0n) is 14.3. The van der Waals surface area contributed by atoms with Gasteiger partial charge in [0.2, 0.25) is 0 Å². The molecule has 1 N–H and O–H groups in total. The largest absolute Gasteiger partial charge is 0.452 e.